The minimum absolute atomic E-state index is 0.0602. The van der Waals surface area contributed by atoms with Crippen LogP contribution in [0.4, 0.5) is 15.8 Å². The van der Waals surface area contributed by atoms with Gasteiger partial charge in [-0.15, -0.1) is 0 Å². The first kappa shape index (κ1) is 17.9. The Hall–Kier alpha value is -3.49. The van der Waals surface area contributed by atoms with Crippen molar-refractivity contribution in [1.29, 1.82) is 0 Å². The summed E-state index contributed by atoms with van der Waals surface area (Å²) in [5, 5.41) is 13.0. The maximum Gasteiger partial charge on any atom is 0.306 e. The van der Waals surface area contributed by atoms with Crippen LogP contribution in [-0.2, 0) is 4.79 Å². The van der Waals surface area contributed by atoms with E-state index in [-0.39, 0.29) is 17.2 Å². The SMILES string of the molecule is COc1cc(C=O)ccc1OCC(=O)Nc1ccc(F)c([N+](=O)[O-])c1. The molecule has 0 aliphatic carbocycles. The van der Waals surface area contributed by atoms with Crippen molar-refractivity contribution in [3.63, 3.8) is 0 Å². The van der Waals surface area contributed by atoms with E-state index in [4.69, 9.17) is 9.47 Å². The number of nitrogens with zero attached hydrogens (tertiary/aromatic N) is 1. The summed E-state index contributed by atoms with van der Waals surface area (Å²) in [6, 6.07) is 7.40. The molecule has 0 saturated heterocycles. The lowest BCUT2D eigenvalue weighted by Crippen LogP contribution is -2.20. The Bertz CT molecular complexity index is 824. The fourth-order valence-corrected chi connectivity index (χ4v) is 1.95. The molecule has 0 bridgehead atoms. The Morgan fingerprint density at radius 2 is 2.04 bits per heavy atom. The average Bonchev–Trinajstić information content (AvgIpc) is 2.61. The molecule has 0 fully saturated rings. The molecule has 0 aromatic heterocycles. The van der Waals surface area contributed by atoms with Crippen LogP contribution in [0.15, 0.2) is 36.4 Å². The van der Waals surface area contributed by atoms with Crippen LogP contribution in [-0.4, -0.2) is 30.8 Å². The number of methoxy groups -OCH3 is 1. The first-order valence-corrected chi connectivity index (χ1v) is 6.94. The van der Waals surface area contributed by atoms with Crippen LogP contribution in [0.5, 0.6) is 11.5 Å². The van der Waals surface area contributed by atoms with Gasteiger partial charge in [0.1, 0.15) is 6.29 Å². The number of nitro groups is 1. The standard InChI is InChI=1S/C16H13FN2O6/c1-24-15-6-10(8-20)2-5-14(15)25-9-16(21)18-11-3-4-12(17)13(7-11)19(22)23/h2-8H,9H2,1H3,(H,18,21). The average molecular weight is 348 g/mol. The maximum atomic E-state index is 13.3. The minimum atomic E-state index is -1.00. The second-order valence-electron chi connectivity index (χ2n) is 4.79. The van der Waals surface area contributed by atoms with Crippen LogP contribution in [0.3, 0.4) is 0 Å². The quantitative estimate of drug-likeness (QED) is 0.468. The number of carbonyl (C=O) groups excluding carboxylic acids is 2. The number of benzene rings is 2. The summed E-state index contributed by atoms with van der Waals surface area (Å²) < 4.78 is 23.6. The van der Waals surface area contributed by atoms with Gasteiger partial charge in [-0.25, -0.2) is 0 Å². The first-order valence-electron chi connectivity index (χ1n) is 6.94. The molecule has 9 heteroatoms. The van der Waals surface area contributed by atoms with Gasteiger partial charge in [0.2, 0.25) is 5.82 Å². The summed E-state index contributed by atoms with van der Waals surface area (Å²) in [7, 11) is 1.38. The van der Waals surface area contributed by atoms with E-state index >= 15 is 0 Å². The van der Waals surface area contributed by atoms with Gasteiger partial charge >= 0.3 is 5.69 Å². The normalized spacial score (nSPS) is 10.0. The van der Waals surface area contributed by atoms with Gasteiger partial charge in [0.15, 0.2) is 18.1 Å². The van der Waals surface area contributed by atoms with Crippen LogP contribution in [0.1, 0.15) is 10.4 Å². The lowest BCUT2D eigenvalue weighted by molar-refractivity contribution is -0.387. The molecule has 130 valence electrons. The highest BCUT2D eigenvalue weighted by Gasteiger charge is 2.16. The number of ether oxygens (including phenoxy) is 2. The summed E-state index contributed by atoms with van der Waals surface area (Å²) in [4.78, 5) is 32.4. The third-order valence-corrected chi connectivity index (χ3v) is 3.11. The van der Waals surface area contributed by atoms with E-state index in [9.17, 15) is 24.1 Å². The summed E-state index contributed by atoms with van der Waals surface area (Å²) in [6.07, 6.45) is 0.639. The molecule has 1 N–H and O–H groups in total. The number of halogens is 1. The molecule has 2 aromatic rings. The number of rotatable bonds is 7. The Kier molecular flexibility index (Phi) is 5.62. The van der Waals surface area contributed by atoms with Crippen molar-refractivity contribution in [3.8, 4) is 11.5 Å². The van der Waals surface area contributed by atoms with Gasteiger partial charge in [-0.3, -0.25) is 19.7 Å². The smallest absolute Gasteiger partial charge is 0.306 e. The molecule has 0 atom stereocenters. The molecule has 0 saturated carbocycles. The van der Waals surface area contributed by atoms with Gasteiger partial charge in [0.05, 0.1) is 12.0 Å². The zero-order valence-corrected chi connectivity index (χ0v) is 13.0. The van der Waals surface area contributed by atoms with Crippen LogP contribution >= 0.6 is 0 Å². The summed E-state index contributed by atoms with van der Waals surface area (Å²) in [5.41, 5.74) is -0.304. The summed E-state index contributed by atoms with van der Waals surface area (Å²) in [5.74, 6) is -1.09. The van der Waals surface area contributed by atoms with E-state index in [1.807, 2.05) is 0 Å². The van der Waals surface area contributed by atoms with Crippen molar-refractivity contribution in [2.45, 2.75) is 0 Å². The number of carbonyl (C=O) groups is 2. The molecule has 0 heterocycles. The fraction of sp³-hybridized carbons (Fsp3) is 0.125. The molecule has 8 nitrogen and oxygen atoms in total. The van der Waals surface area contributed by atoms with E-state index in [1.165, 1.54) is 31.4 Å². The zero-order valence-electron chi connectivity index (χ0n) is 13.0. The van der Waals surface area contributed by atoms with Crippen molar-refractivity contribution in [1.82, 2.24) is 0 Å². The number of amides is 1. The minimum Gasteiger partial charge on any atom is -0.493 e. The largest absolute Gasteiger partial charge is 0.493 e. The first-order chi connectivity index (χ1) is 11.9. The van der Waals surface area contributed by atoms with Gasteiger partial charge < -0.3 is 14.8 Å². The Labute approximate surface area is 141 Å². The lowest BCUT2D eigenvalue weighted by atomic mass is 10.2. The van der Waals surface area contributed by atoms with Gasteiger partial charge in [-0.2, -0.15) is 4.39 Å². The van der Waals surface area contributed by atoms with Crippen molar-refractivity contribution in [3.05, 3.63) is 57.9 Å². The van der Waals surface area contributed by atoms with Gasteiger partial charge in [-0.1, -0.05) is 0 Å². The molecule has 0 aliphatic rings. The molecular weight excluding hydrogens is 335 g/mol. The van der Waals surface area contributed by atoms with Gasteiger partial charge in [0.25, 0.3) is 5.91 Å². The van der Waals surface area contributed by atoms with Crippen LogP contribution in [0.2, 0.25) is 0 Å². The predicted molar refractivity (Wildman–Crippen MR) is 85.6 cm³/mol. The van der Waals surface area contributed by atoms with Crippen molar-refractivity contribution in [2.24, 2.45) is 0 Å². The third-order valence-electron chi connectivity index (χ3n) is 3.11. The number of anilines is 1. The lowest BCUT2D eigenvalue weighted by Gasteiger charge is -2.11. The second kappa shape index (κ2) is 7.86. The number of hydrogen-bond acceptors (Lipinski definition) is 6. The Morgan fingerprint density at radius 1 is 1.28 bits per heavy atom. The second-order valence-corrected chi connectivity index (χ2v) is 4.79. The summed E-state index contributed by atoms with van der Waals surface area (Å²) in [6.45, 7) is -0.415. The van der Waals surface area contributed by atoms with Crippen LogP contribution in [0.25, 0.3) is 0 Å². The number of hydrogen-bond donors (Lipinski definition) is 1. The highest BCUT2D eigenvalue weighted by Crippen LogP contribution is 2.27. The van der Waals surface area contributed by atoms with E-state index < -0.39 is 28.9 Å². The zero-order chi connectivity index (χ0) is 18.4. The number of aldehydes is 1. The Balaban J connectivity index is 2.03. The van der Waals surface area contributed by atoms with Crippen molar-refractivity contribution < 1.29 is 28.4 Å². The third kappa shape index (κ3) is 4.50. The maximum absolute atomic E-state index is 13.3. The Morgan fingerprint density at radius 3 is 2.68 bits per heavy atom. The van der Waals surface area contributed by atoms with E-state index in [1.54, 1.807) is 0 Å². The molecule has 0 unspecified atom stereocenters. The molecule has 2 rings (SSSR count). The molecule has 25 heavy (non-hydrogen) atoms. The van der Waals surface area contributed by atoms with Gasteiger partial charge in [0, 0.05) is 17.3 Å². The van der Waals surface area contributed by atoms with Crippen LogP contribution < -0.4 is 14.8 Å². The van der Waals surface area contributed by atoms with Crippen molar-refractivity contribution >= 4 is 23.6 Å². The monoisotopic (exact) mass is 348 g/mol. The van der Waals surface area contributed by atoms with E-state index in [0.29, 0.717) is 11.8 Å². The topological polar surface area (TPSA) is 108 Å². The van der Waals surface area contributed by atoms with Gasteiger partial charge in [-0.05, 0) is 30.3 Å². The molecular formula is C16H13FN2O6. The highest BCUT2D eigenvalue weighted by molar-refractivity contribution is 5.92. The highest BCUT2D eigenvalue weighted by atomic mass is 19.1. The molecule has 0 radical (unpaired) electrons. The molecule has 2 aromatic carbocycles. The molecule has 1 amide bonds. The van der Waals surface area contributed by atoms with Crippen LogP contribution in [0, 0.1) is 15.9 Å². The van der Waals surface area contributed by atoms with E-state index in [0.717, 1.165) is 12.1 Å². The number of nitrogens with one attached hydrogen (secondary N) is 1. The molecule has 0 aliphatic heterocycles. The summed E-state index contributed by atoms with van der Waals surface area (Å²) >= 11 is 0. The fourth-order valence-electron chi connectivity index (χ4n) is 1.95. The predicted octanol–water partition coefficient (Wildman–Crippen LogP) is 2.57. The number of nitro benzene ring substituents is 1. The van der Waals surface area contributed by atoms with E-state index in [2.05, 4.69) is 5.32 Å². The van der Waals surface area contributed by atoms with Crippen molar-refractivity contribution in [2.75, 3.05) is 19.0 Å². The molecule has 0 spiro atoms.